The molecular weight excluding hydrogens is 244 g/mol. The zero-order chi connectivity index (χ0) is 14.0. The van der Waals surface area contributed by atoms with Gasteiger partial charge in [0.25, 0.3) is 0 Å². The molecule has 2 rings (SSSR count). The lowest BCUT2D eigenvalue weighted by molar-refractivity contribution is -0.133. The molecule has 0 spiro atoms. The van der Waals surface area contributed by atoms with E-state index in [0.29, 0.717) is 18.3 Å². The Kier molecular flexibility index (Phi) is 4.19. The van der Waals surface area contributed by atoms with Gasteiger partial charge in [0.15, 0.2) is 0 Å². The molecule has 1 unspecified atom stereocenters. The summed E-state index contributed by atoms with van der Waals surface area (Å²) in [6.07, 6.45) is 1.94. The molecule has 1 aliphatic rings. The summed E-state index contributed by atoms with van der Waals surface area (Å²) < 4.78 is 5.61. The first kappa shape index (κ1) is 14.0. The van der Waals surface area contributed by atoms with E-state index in [9.17, 15) is 4.79 Å². The highest BCUT2D eigenvalue weighted by Gasteiger charge is 2.32. The molecule has 0 radical (unpaired) electrons. The summed E-state index contributed by atoms with van der Waals surface area (Å²) in [7, 11) is 3.59. The molecule has 106 valence electrons. The van der Waals surface area contributed by atoms with Crippen molar-refractivity contribution in [2.45, 2.75) is 45.2 Å². The molecule has 6 nitrogen and oxygen atoms in total. The van der Waals surface area contributed by atoms with E-state index < -0.39 is 0 Å². The van der Waals surface area contributed by atoms with Crippen molar-refractivity contribution in [2.24, 2.45) is 0 Å². The third-order valence-electron chi connectivity index (χ3n) is 3.40. The number of carbonyl (C=O) groups is 1. The zero-order valence-electron chi connectivity index (χ0n) is 12.1. The maximum atomic E-state index is 12.1. The molecule has 1 fully saturated rings. The minimum absolute atomic E-state index is 0.0515. The van der Waals surface area contributed by atoms with Crippen LogP contribution < -0.4 is 0 Å². The molecule has 1 atom stereocenters. The van der Waals surface area contributed by atoms with E-state index in [1.165, 1.54) is 0 Å². The number of amides is 1. The van der Waals surface area contributed by atoms with E-state index in [2.05, 4.69) is 15.1 Å². The van der Waals surface area contributed by atoms with E-state index in [1.54, 1.807) is 19.0 Å². The number of nitrogens with zero attached hydrogens (tertiary/aromatic N) is 4. The van der Waals surface area contributed by atoms with Gasteiger partial charge in [-0.2, -0.15) is 0 Å². The lowest BCUT2D eigenvalue weighted by Gasteiger charge is -2.24. The van der Waals surface area contributed by atoms with Crippen LogP contribution in [0.25, 0.3) is 0 Å². The lowest BCUT2D eigenvalue weighted by Crippen LogP contribution is -2.42. The quantitative estimate of drug-likeness (QED) is 0.820. The Morgan fingerprint density at radius 2 is 2.21 bits per heavy atom. The topological polar surface area (TPSA) is 62.5 Å². The average Bonchev–Trinajstić information content (AvgIpc) is 2.97. The number of aromatic nitrogens is 2. The van der Waals surface area contributed by atoms with Crippen LogP contribution in [0.1, 0.15) is 44.4 Å². The predicted molar refractivity (Wildman–Crippen MR) is 70.5 cm³/mol. The van der Waals surface area contributed by atoms with Crippen molar-refractivity contribution >= 4 is 5.91 Å². The fourth-order valence-corrected chi connectivity index (χ4v) is 2.33. The highest BCUT2D eigenvalue weighted by molar-refractivity contribution is 5.81. The van der Waals surface area contributed by atoms with Gasteiger partial charge < -0.3 is 9.32 Å². The summed E-state index contributed by atoms with van der Waals surface area (Å²) in [4.78, 5) is 15.9. The molecular formula is C13H22N4O2. The molecule has 1 aliphatic heterocycles. The van der Waals surface area contributed by atoms with Gasteiger partial charge in [-0.15, -0.1) is 10.2 Å². The molecule has 0 bridgehead atoms. The van der Waals surface area contributed by atoms with Crippen LogP contribution in [0.3, 0.4) is 0 Å². The van der Waals surface area contributed by atoms with Gasteiger partial charge >= 0.3 is 0 Å². The fourth-order valence-electron chi connectivity index (χ4n) is 2.33. The maximum Gasteiger partial charge on any atom is 0.239 e. The summed E-state index contributed by atoms with van der Waals surface area (Å²) in [6.45, 7) is 5.50. The van der Waals surface area contributed by atoms with E-state index in [0.717, 1.165) is 19.4 Å². The zero-order valence-corrected chi connectivity index (χ0v) is 12.1. The van der Waals surface area contributed by atoms with Gasteiger partial charge in [0.2, 0.25) is 17.7 Å². The van der Waals surface area contributed by atoms with E-state index >= 15 is 0 Å². The van der Waals surface area contributed by atoms with Crippen LogP contribution in [0.4, 0.5) is 0 Å². The number of hydrogen-bond donors (Lipinski definition) is 0. The minimum atomic E-state index is -0.0515. The van der Waals surface area contributed by atoms with E-state index in [-0.39, 0.29) is 17.9 Å². The van der Waals surface area contributed by atoms with Crippen molar-refractivity contribution in [2.75, 3.05) is 20.6 Å². The molecule has 6 heteroatoms. The minimum Gasteiger partial charge on any atom is -0.424 e. The molecule has 1 amide bonds. The first-order chi connectivity index (χ1) is 8.99. The summed E-state index contributed by atoms with van der Waals surface area (Å²) in [5.74, 6) is 1.65. The predicted octanol–water partition coefficient (Wildman–Crippen LogP) is 1.25. The van der Waals surface area contributed by atoms with Crippen molar-refractivity contribution in [3.63, 3.8) is 0 Å². The molecule has 0 saturated carbocycles. The van der Waals surface area contributed by atoms with Crippen molar-refractivity contribution in [1.29, 1.82) is 0 Å². The highest BCUT2D eigenvalue weighted by Crippen LogP contribution is 2.21. The molecule has 19 heavy (non-hydrogen) atoms. The van der Waals surface area contributed by atoms with Gasteiger partial charge in [0.05, 0.1) is 12.6 Å². The van der Waals surface area contributed by atoms with Gasteiger partial charge in [0.1, 0.15) is 0 Å². The largest absolute Gasteiger partial charge is 0.424 e. The van der Waals surface area contributed by atoms with Crippen LogP contribution >= 0.6 is 0 Å². The molecule has 1 aromatic heterocycles. The number of likely N-dealkylation sites (N-methyl/N-ethyl adjacent to an activating group) is 1. The van der Waals surface area contributed by atoms with Crippen molar-refractivity contribution < 1.29 is 9.21 Å². The second kappa shape index (κ2) is 5.69. The number of hydrogen-bond acceptors (Lipinski definition) is 5. The summed E-state index contributed by atoms with van der Waals surface area (Å²) in [6, 6.07) is -0.0515. The van der Waals surface area contributed by atoms with Crippen molar-refractivity contribution in [3.8, 4) is 0 Å². The molecule has 0 N–H and O–H groups in total. The second-order valence-electron chi connectivity index (χ2n) is 5.55. The Morgan fingerprint density at radius 3 is 2.79 bits per heavy atom. The summed E-state index contributed by atoms with van der Waals surface area (Å²) >= 11 is 0. The van der Waals surface area contributed by atoms with Crippen LogP contribution in [0, 0.1) is 0 Å². The van der Waals surface area contributed by atoms with Crippen molar-refractivity contribution in [1.82, 2.24) is 20.0 Å². The average molecular weight is 266 g/mol. The molecule has 1 saturated heterocycles. The first-order valence-electron chi connectivity index (χ1n) is 6.76. The van der Waals surface area contributed by atoms with Gasteiger partial charge in [-0.05, 0) is 19.4 Å². The van der Waals surface area contributed by atoms with Gasteiger partial charge in [-0.1, -0.05) is 13.8 Å². The van der Waals surface area contributed by atoms with Crippen LogP contribution in [0.15, 0.2) is 4.42 Å². The highest BCUT2D eigenvalue weighted by atomic mass is 16.4. The molecule has 1 aromatic rings. The van der Waals surface area contributed by atoms with E-state index in [4.69, 9.17) is 4.42 Å². The van der Waals surface area contributed by atoms with E-state index in [1.807, 2.05) is 13.8 Å². The number of likely N-dealkylation sites (tertiary alicyclic amines) is 1. The molecule has 2 heterocycles. The normalized spacial score (nSPS) is 20.2. The summed E-state index contributed by atoms with van der Waals surface area (Å²) in [5.41, 5.74) is 0. The second-order valence-corrected chi connectivity index (χ2v) is 5.55. The van der Waals surface area contributed by atoms with Crippen LogP contribution in [-0.4, -0.2) is 52.6 Å². The summed E-state index contributed by atoms with van der Waals surface area (Å²) in [5, 5.41) is 8.08. The monoisotopic (exact) mass is 266 g/mol. The molecule has 0 aliphatic carbocycles. The maximum absolute atomic E-state index is 12.1. The van der Waals surface area contributed by atoms with Crippen LogP contribution in [0.2, 0.25) is 0 Å². The number of rotatable bonds is 4. The van der Waals surface area contributed by atoms with Crippen LogP contribution in [-0.2, 0) is 11.3 Å². The molecule has 0 aromatic carbocycles. The van der Waals surface area contributed by atoms with Gasteiger partial charge in [-0.3, -0.25) is 9.69 Å². The Labute approximate surface area is 113 Å². The fraction of sp³-hybridized carbons (Fsp3) is 0.769. The SMILES string of the molecule is CC(C)c1nnc(CN2CCCC2C(=O)N(C)C)o1. The van der Waals surface area contributed by atoms with Gasteiger partial charge in [0, 0.05) is 20.0 Å². The first-order valence-corrected chi connectivity index (χ1v) is 6.76. The Morgan fingerprint density at radius 1 is 1.47 bits per heavy atom. The van der Waals surface area contributed by atoms with Crippen molar-refractivity contribution in [3.05, 3.63) is 11.8 Å². The Balaban J connectivity index is 2.02. The standard InChI is InChI=1S/C13H22N4O2/c1-9(2)12-15-14-11(19-12)8-17-7-5-6-10(17)13(18)16(3)4/h9-10H,5-8H2,1-4H3. The van der Waals surface area contributed by atoms with Crippen LogP contribution in [0.5, 0.6) is 0 Å². The lowest BCUT2D eigenvalue weighted by atomic mass is 10.2. The van der Waals surface area contributed by atoms with Gasteiger partial charge in [-0.25, -0.2) is 0 Å². The number of carbonyl (C=O) groups excluding carboxylic acids is 1. The Hall–Kier alpha value is -1.43. The Bertz CT molecular complexity index is 442. The third-order valence-corrected chi connectivity index (χ3v) is 3.40. The smallest absolute Gasteiger partial charge is 0.239 e. The third kappa shape index (κ3) is 3.12.